The number of nitrogens with two attached hydrogens (primary N) is 1. The molecular weight excluding hydrogens is 270 g/mol. The molecule has 2 atom stereocenters. The maximum atomic E-state index is 6.07. The summed E-state index contributed by atoms with van der Waals surface area (Å²) < 4.78 is 5.80. The predicted octanol–water partition coefficient (Wildman–Crippen LogP) is 2.88. The number of thiophene rings is 1. The molecule has 1 saturated heterocycles. The molecule has 2 aromatic rings. The fourth-order valence-electron chi connectivity index (χ4n) is 2.69. The van der Waals surface area contributed by atoms with Gasteiger partial charge >= 0.3 is 0 Å². The van der Waals surface area contributed by atoms with Crippen molar-refractivity contribution < 1.29 is 4.42 Å². The average Bonchev–Trinajstić information content (AvgIpc) is 3.04. The van der Waals surface area contributed by atoms with Crippen molar-refractivity contribution >= 4 is 11.3 Å². The van der Waals surface area contributed by atoms with E-state index < -0.39 is 0 Å². The summed E-state index contributed by atoms with van der Waals surface area (Å²) in [7, 11) is 0. The lowest BCUT2D eigenvalue weighted by Gasteiger charge is -2.34. The Kier molecular flexibility index (Phi) is 3.92. The van der Waals surface area contributed by atoms with Crippen LogP contribution in [0, 0.1) is 12.8 Å². The van der Waals surface area contributed by atoms with Crippen LogP contribution in [0.3, 0.4) is 0 Å². The van der Waals surface area contributed by atoms with E-state index in [4.69, 9.17) is 10.2 Å². The van der Waals surface area contributed by atoms with Gasteiger partial charge in [-0.05, 0) is 30.7 Å². The minimum Gasteiger partial charge on any atom is -0.440 e. The molecule has 0 radical (unpaired) electrons. The molecule has 108 valence electrons. The predicted molar refractivity (Wildman–Crippen MR) is 81.6 cm³/mol. The maximum absolute atomic E-state index is 6.07. The number of rotatable bonds is 3. The van der Waals surface area contributed by atoms with E-state index in [1.165, 1.54) is 0 Å². The van der Waals surface area contributed by atoms with Gasteiger partial charge < -0.3 is 10.2 Å². The van der Waals surface area contributed by atoms with Crippen LogP contribution in [0.25, 0.3) is 10.8 Å². The molecule has 0 spiro atoms. The molecule has 1 fully saturated rings. The van der Waals surface area contributed by atoms with Gasteiger partial charge in [0.2, 0.25) is 5.89 Å². The molecule has 0 amide bonds. The van der Waals surface area contributed by atoms with Crippen LogP contribution in [0.4, 0.5) is 0 Å². The van der Waals surface area contributed by atoms with E-state index in [1.807, 2.05) is 24.4 Å². The highest BCUT2D eigenvalue weighted by Gasteiger charge is 2.24. The van der Waals surface area contributed by atoms with E-state index in [0.717, 1.165) is 48.3 Å². The minimum atomic E-state index is 0.339. The van der Waals surface area contributed by atoms with Crippen LogP contribution >= 0.6 is 11.3 Å². The highest BCUT2D eigenvalue weighted by atomic mass is 32.1. The van der Waals surface area contributed by atoms with Crippen molar-refractivity contribution in [3.05, 3.63) is 29.0 Å². The van der Waals surface area contributed by atoms with Gasteiger partial charge in [-0.2, -0.15) is 0 Å². The standard InChI is InChI=1S/C15H21N3OS/c1-10-8-18(6-5-12(10)16)9-13-11(2)19-15(17-13)14-4-3-7-20-14/h3-4,7,10,12H,5-6,8-9,16H2,1-2H3. The highest BCUT2D eigenvalue weighted by molar-refractivity contribution is 7.13. The zero-order valence-corrected chi connectivity index (χ0v) is 12.8. The Labute approximate surface area is 123 Å². The number of aryl methyl sites for hydroxylation is 1. The molecule has 0 bridgehead atoms. The number of hydrogen-bond acceptors (Lipinski definition) is 5. The van der Waals surface area contributed by atoms with Crippen molar-refractivity contribution in [1.29, 1.82) is 0 Å². The zero-order valence-electron chi connectivity index (χ0n) is 12.0. The fourth-order valence-corrected chi connectivity index (χ4v) is 3.33. The Balaban J connectivity index is 1.72. The van der Waals surface area contributed by atoms with E-state index in [-0.39, 0.29) is 0 Å². The zero-order chi connectivity index (χ0) is 14.1. The molecule has 1 aliphatic heterocycles. The molecule has 1 aliphatic rings. The Bertz CT molecular complexity index is 564. The van der Waals surface area contributed by atoms with E-state index in [9.17, 15) is 0 Å². The molecule has 2 aromatic heterocycles. The second kappa shape index (κ2) is 5.68. The van der Waals surface area contributed by atoms with Crippen LogP contribution in [0.1, 0.15) is 24.8 Å². The van der Waals surface area contributed by atoms with Gasteiger partial charge in [-0.25, -0.2) is 4.98 Å². The highest BCUT2D eigenvalue weighted by Crippen LogP contribution is 2.27. The number of hydrogen-bond donors (Lipinski definition) is 1. The summed E-state index contributed by atoms with van der Waals surface area (Å²) in [6, 6.07) is 4.40. The molecule has 0 saturated carbocycles. The van der Waals surface area contributed by atoms with Gasteiger partial charge in [-0.1, -0.05) is 13.0 Å². The molecule has 3 heterocycles. The first-order valence-corrected chi connectivity index (χ1v) is 7.99. The van der Waals surface area contributed by atoms with E-state index in [0.29, 0.717) is 12.0 Å². The number of oxazole rings is 1. The SMILES string of the molecule is Cc1oc(-c2cccs2)nc1CN1CCC(N)C(C)C1. The van der Waals surface area contributed by atoms with Crippen molar-refractivity contribution in [3.63, 3.8) is 0 Å². The van der Waals surface area contributed by atoms with Crippen LogP contribution in [0.5, 0.6) is 0 Å². The van der Waals surface area contributed by atoms with Crippen LogP contribution in [-0.2, 0) is 6.54 Å². The van der Waals surface area contributed by atoms with Crippen molar-refractivity contribution in [3.8, 4) is 10.8 Å². The molecule has 2 unspecified atom stereocenters. The van der Waals surface area contributed by atoms with Crippen LogP contribution in [0.2, 0.25) is 0 Å². The number of piperidine rings is 1. The lowest BCUT2D eigenvalue weighted by atomic mass is 9.95. The van der Waals surface area contributed by atoms with Gasteiger partial charge in [-0.3, -0.25) is 4.90 Å². The third kappa shape index (κ3) is 2.80. The average molecular weight is 291 g/mol. The van der Waals surface area contributed by atoms with Crippen molar-refractivity contribution in [1.82, 2.24) is 9.88 Å². The summed E-state index contributed by atoms with van der Waals surface area (Å²) in [6.07, 6.45) is 1.07. The summed E-state index contributed by atoms with van der Waals surface area (Å²) in [6.45, 7) is 7.17. The number of aromatic nitrogens is 1. The summed E-state index contributed by atoms with van der Waals surface area (Å²) in [5.41, 5.74) is 7.12. The Morgan fingerprint density at radius 3 is 3.10 bits per heavy atom. The topological polar surface area (TPSA) is 55.3 Å². The first-order valence-electron chi connectivity index (χ1n) is 7.11. The first-order chi connectivity index (χ1) is 9.63. The molecule has 4 nitrogen and oxygen atoms in total. The lowest BCUT2D eigenvalue weighted by Crippen LogP contribution is -2.45. The first kappa shape index (κ1) is 13.8. The summed E-state index contributed by atoms with van der Waals surface area (Å²) in [5, 5.41) is 2.04. The Morgan fingerprint density at radius 1 is 1.55 bits per heavy atom. The second-order valence-corrected chi connectivity index (χ2v) is 6.61. The van der Waals surface area contributed by atoms with E-state index >= 15 is 0 Å². The monoisotopic (exact) mass is 291 g/mol. The van der Waals surface area contributed by atoms with Crippen LogP contribution in [-0.4, -0.2) is 29.0 Å². The molecule has 2 N–H and O–H groups in total. The molecule has 5 heteroatoms. The number of likely N-dealkylation sites (tertiary alicyclic amines) is 1. The van der Waals surface area contributed by atoms with Crippen LogP contribution in [0.15, 0.2) is 21.9 Å². The van der Waals surface area contributed by atoms with Gasteiger partial charge in [-0.15, -0.1) is 11.3 Å². The Morgan fingerprint density at radius 2 is 2.40 bits per heavy atom. The minimum absolute atomic E-state index is 0.339. The fraction of sp³-hybridized carbons (Fsp3) is 0.533. The lowest BCUT2D eigenvalue weighted by molar-refractivity contribution is 0.156. The normalized spacial score (nSPS) is 24.1. The van der Waals surface area contributed by atoms with Crippen molar-refractivity contribution in [2.45, 2.75) is 32.9 Å². The summed E-state index contributed by atoms with van der Waals surface area (Å²) in [5.74, 6) is 2.22. The van der Waals surface area contributed by atoms with E-state index in [1.54, 1.807) is 11.3 Å². The van der Waals surface area contributed by atoms with Crippen LogP contribution < -0.4 is 5.73 Å². The molecule has 3 rings (SSSR count). The summed E-state index contributed by atoms with van der Waals surface area (Å²) in [4.78, 5) is 8.18. The quantitative estimate of drug-likeness (QED) is 0.944. The molecule has 0 aliphatic carbocycles. The largest absolute Gasteiger partial charge is 0.440 e. The molecule has 0 aromatic carbocycles. The summed E-state index contributed by atoms with van der Waals surface area (Å²) >= 11 is 1.66. The van der Waals surface area contributed by atoms with Gasteiger partial charge in [0.05, 0.1) is 10.6 Å². The maximum Gasteiger partial charge on any atom is 0.236 e. The molecule has 20 heavy (non-hydrogen) atoms. The molecular formula is C15H21N3OS. The van der Waals surface area contributed by atoms with Gasteiger partial charge in [0.25, 0.3) is 0 Å². The van der Waals surface area contributed by atoms with Gasteiger partial charge in [0.1, 0.15) is 5.76 Å². The van der Waals surface area contributed by atoms with Gasteiger partial charge in [0.15, 0.2) is 0 Å². The number of nitrogens with zero attached hydrogens (tertiary/aromatic N) is 2. The van der Waals surface area contributed by atoms with Crippen molar-refractivity contribution in [2.75, 3.05) is 13.1 Å². The Hall–Kier alpha value is -1.17. The third-order valence-corrected chi connectivity index (χ3v) is 4.91. The third-order valence-electron chi connectivity index (χ3n) is 4.05. The smallest absolute Gasteiger partial charge is 0.236 e. The van der Waals surface area contributed by atoms with Gasteiger partial charge in [0, 0.05) is 25.7 Å². The van der Waals surface area contributed by atoms with Crippen molar-refractivity contribution in [2.24, 2.45) is 11.7 Å². The van der Waals surface area contributed by atoms with E-state index in [2.05, 4.69) is 16.8 Å². The second-order valence-electron chi connectivity index (χ2n) is 5.66.